The Balaban J connectivity index is 1.51. The maximum Gasteiger partial charge on any atom is 0.256 e. The number of hydrogen-bond donors (Lipinski definition) is 1. The molecule has 1 heterocycles. The second-order valence-corrected chi connectivity index (χ2v) is 7.29. The number of benzene rings is 2. The van der Waals surface area contributed by atoms with Crippen molar-refractivity contribution >= 4 is 40.5 Å². The van der Waals surface area contributed by atoms with E-state index in [0.717, 1.165) is 18.5 Å². The van der Waals surface area contributed by atoms with Crippen LogP contribution >= 0.6 is 12.2 Å². The highest BCUT2D eigenvalue weighted by Gasteiger charge is 2.49. The zero-order valence-corrected chi connectivity index (χ0v) is 16.3. The maximum absolute atomic E-state index is 13.1. The Bertz CT molecular complexity index is 897. The molecule has 2 aromatic rings. The van der Waals surface area contributed by atoms with Gasteiger partial charge in [0.15, 0.2) is 5.11 Å². The first kappa shape index (κ1) is 18.4. The number of nitrogens with one attached hydrogen (secondary N) is 1. The van der Waals surface area contributed by atoms with Crippen molar-refractivity contribution < 1.29 is 14.3 Å². The van der Waals surface area contributed by atoms with Crippen molar-refractivity contribution in [3.05, 3.63) is 54.6 Å². The van der Waals surface area contributed by atoms with Gasteiger partial charge < -0.3 is 15.0 Å². The van der Waals surface area contributed by atoms with Gasteiger partial charge in [0.25, 0.3) is 5.91 Å². The molecule has 1 N–H and O–H groups in total. The van der Waals surface area contributed by atoms with Gasteiger partial charge >= 0.3 is 0 Å². The molecule has 28 heavy (non-hydrogen) atoms. The van der Waals surface area contributed by atoms with Crippen molar-refractivity contribution in [2.75, 3.05) is 17.3 Å². The van der Waals surface area contributed by atoms with Crippen molar-refractivity contribution in [1.82, 2.24) is 4.90 Å². The molecule has 1 atom stereocenters. The van der Waals surface area contributed by atoms with Gasteiger partial charge in [-0.15, -0.1) is 0 Å². The zero-order valence-electron chi connectivity index (χ0n) is 15.5. The average Bonchev–Trinajstić information content (AvgIpc) is 3.50. The molecule has 1 aliphatic carbocycles. The Morgan fingerprint density at radius 2 is 1.82 bits per heavy atom. The van der Waals surface area contributed by atoms with E-state index in [1.807, 2.05) is 35.2 Å². The van der Waals surface area contributed by atoms with Crippen LogP contribution in [0.2, 0.25) is 0 Å². The first-order valence-electron chi connectivity index (χ1n) is 9.23. The number of thiocarbonyl (C=S) groups is 1. The molecule has 1 saturated carbocycles. The molecule has 6 nitrogen and oxygen atoms in total. The summed E-state index contributed by atoms with van der Waals surface area (Å²) in [6.07, 6.45) is 2.05. The molecule has 1 saturated heterocycles. The van der Waals surface area contributed by atoms with E-state index in [1.54, 1.807) is 36.3 Å². The quantitative estimate of drug-likeness (QED) is 0.761. The van der Waals surface area contributed by atoms with Gasteiger partial charge in [-0.05, 0) is 61.5 Å². The van der Waals surface area contributed by atoms with E-state index in [2.05, 4.69) is 5.32 Å². The average molecular weight is 395 g/mol. The van der Waals surface area contributed by atoms with Gasteiger partial charge in [-0.2, -0.15) is 0 Å². The van der Waals surface area contributed by atoms with Gasteiger partial charge in [-0.3, -0.25) is 14.5 Å². The van der Waals surface area contributed by atoms with E-state index in [4.69, 9.17) is 17.0 Å². The molecule has 4 rings (SSSR count). The second kappa shape index (κ2) is 7.59. The molecule has 2 aliphatic rings. The predicted molar refractivity (Wildman–Crippen MR) is 111 cm³/mol. The second-order valence-electron chi connectivity index (χ2n) is 6.93. The van der Waals surface area contributed by atoms with Crippen molar-refractivity contribution in [2.24, 2.45) is 0 Å². The first-order valence-corrected chi connectivity index (χ1v) is 9.64. The van der Waals surface area contributed by atoms with Crippen LogP contribution in [0.1, 0.15) is 19.3 Å². The van der Waals surface area contributed by atoms with Crippen LogP contribution in [0.4, 0.5) is 11.4 Å². The predicted octanol–water partition coefficient (Wildman–Crippen LogP) is 3.19. The molecule has 0 radical (unpaired) electrons. The smallest absolute Gasteiger partial charge is 0.256 e. The lowest BCUT2D eigenvalue weighted by Gasteiger charge is -2.23. The minimum absolute atomic E-state index is 0.0604. The van der Waals surface area contributed by atoms with Gasteiger partial charge in [0.2, 0.25) is 5.91 Å². The minimum Gasteiger partial charge on any atom is -0.497 e. The zero-order chi connectivity index (χ0) is 19.7. The minimum atomic E-state index is -0.571. The van der Waals surface area contributed by atoms with E-state index in [-0.39, 0.29) is 24.3 Å². The molecular weight excluding hydrogens is 374 g/mol. The summed E-state index contributed by atoms with van der Waals surface area (Å²) < 4.78 is 5.12. The monoisotopic (exact) mass is 395 g/mol. The Kier molecular flexibility index (Phi) is 5.00. The maximum atomic E-state index is 13.1. The van der Waals surface area contributed by atoms with Gasteiger partial charge in [0.05, 0.1) is 19.2 Å². The molecule has 144 valence electrons. The molecule has 0 aromatic heterocycles. The van der Waals surface area contributed by atoms with Crippen LogP contribution in [0.25, 0.3) is 0 Å². The summed E-state index contributed by atoms with van der Waals surface area (Å²) in [5.41, 5.74) is 1.40. The number of rotatable bonds is 6. The Morgan fingerprint density at radius 1 is 1.14 bits per heavy atom. The molecule has 0 bridgehead atoms. The number of para-hydroxylation sites is 1. The number of hydrogen-bond acceptors (Lipinski definition) is 4. The summed E-state index contributed by atoms with van der Waals surface area (Å²) in [6.45, 7) is 0. The van der Waals surface area contributed by atoms with Gasteiger partial charge in [0.1, 0.15) is 11.8 Å². The van der Waals surface area contributed by atoms with Crippen LogP contribution in [0.3, 0.4) is 0 Å². The van der Waals surface area contributed by atoms with Crippen molar-refractivity contribution in [2.45, 2.75) is 31.3 Å². The molecular formula is C21H21N3O3S. The van der Waals surface area contributed by atoms with Crippen LogP contribution < -0.4 is 15.0 Å². The van der Waals surface area contributed by atoms with E-state index < -0.39 is 6.04 Å². The lowest BCUT2D eigenvalue weighted by Crippen LogP contribution is -2.39. The third kappa shape index (κ3) is 3.57. The van der Waals surface area contributed by atoms with E-state index in [0.29, 0.717) is 16.5 Å². The molecule has 1 unspecified atom stereocenters. The van der Waals surface area contributed by atoms with Crippen LogP contribution in [0.5, 0.6) is 5.75 Å². The largest absolute Gasteiger partial charge is 0.497 e. The molecule has 2 amide bonds. The van der Waals surface area contributed by atoms with Crippen molar-refractivity contribution in [1.29, 1.82) is 0 Å². The normalized spacial score (nSPS) is 19.1. The number of ether oxygens (including phenoxy) is 1. The van der Waals surface area contributed by atoms with E-state index >= 15 is 0 Å². The SMILES string of the molecule is COc1ccc(NC(=O)CC2C(=O)N(c3ccccc3)C(=S)N2C2CC2)cc1. The Morgan fingerprint density at radius 3 is 2.43 bits per heavy atom. The highest BCUT2D eigenvalue weighted by Crippen LogP contribution is 2.36. The lowest BCUT2D eigenvalue weighted by molar-refractivity contribution is -0.124. The standard InChI is InChI=1S/C21H21N3O3S/c1-27-17-11-7-14(8-12-17)22-19(25)13-18-20(26)24(15-5-3-2-4-6-15)21(28)23(18)16-9-10-16/h2-8,11-12,16,18H,9-10,13H2,1H3,(H,22,25). The molecule has 2 fully saturated rings. The van der Waals surface area contributed by atoms with Crippen molar-refractivity contribution in [3.8, 4) is 5.75 Å². The fraction of sp³-hybridized carbons (Fsp3) is 0.286. The van der Waals surface area contributed by atoms with E-state index in [9.17, 15) is 9.59 Å². The summed E-state index contributed by atoms with van der Waals surface area (Å²) in [4.78, 5) is 29.3. The van der Waals surface area contributed by atoms with E-state index in [1.165, 1.54) is 0 Å². The van der Waals surface area contributed by atoms with Gasteiger partial charge in [0, 0.05) is 11.7 Å². The number of amides is 2. The molecule has 1 aliphatic heterocycles. The molecule has 2 aromatic carbocycles. The number of anilines is 2. The summed E-state index contributed by atoms with van der Waals surface area (Å²) in [5.74, 6) is 0.354. The summed E-state index contributed by atoms with van der Waals surface area (Å²) >= 11 is 5.61. The summed E-state index contributed by atoms with van der Waals surface area (Å²) in [6, 6.07) is 16.1. The van der Waals surface area contributed by atoms with Crippen LogP contribution in [0.15, 0.2) is 54.6 Å². The fourth-order valence-electron chi connectivity index (χ4n) is 3.44. The number of nitrogens with zero attached hydrogens (tertiary/aromatic N) is 2. The third-order valence-electron chi connectivity index (χ3n) is 4.96. The highest BCUT2D eigenvalue weighted by molar-refractivity contribution is 7.80. The lowest BCUT2D eigenvalue weighted by atomic mass is 10.1. The fourth-order valence-corrected chi connectivity index (χ4v) is 3.91. The van der Waals surface area contributed by atoms with Gasteiger partial charge in [-0.1, -0.05) is 18.2 Å². The number of methoxy groups -OCH3 is 1. The van der Waals surface area contributed by atoms with Crippen LogP contribution in [-0.2, 0) is 9.59 Å². The Hall–Kier alpha value is -2.93. The summed E-state index contributed by atoms with van der Waals surface area (Å²) in [7, 11) is 1.59. The van der Waals surface area contributed by atoms with Gasteiger partial charge in [-0.25, -0.2) is 0 Å². The topological polar surface area (TPSA) is 61.9 Å². The Labute approximate surface area is 169 Å². The van der Waals surface area contributed by atoms with Crippen molar-refractivity contribution in [3.63, 3.8) is 0 Å². The first-order chi connectivity index (χ1) is 13.6. The molecule has 7 heteroatoms. The number of carbonyl (C=O) groups excluding carboxylic acids is 2. The third-order valence-corrected chi connectivity index (χ3v) is 5.35. The summed E-state index contributed by atoms with van der Waals surface area (Å²) in [5, 5.41) is 3.34. The molecule has 0 spiro atoms. The highest BCUT2D eigenvalue weighted by atomic mass is 32.1. The number of carbonyl (C=O) groups is 2. The van der Waals surface area contributed by atoms with Crippen LogP contribution in [0, 0.1) is 0 Å². The van der Waals surface area contributed by atoms with Crippen LogP contribution in [-0.4, -0.2) is 41.0 Å².